The number of hydrogen-bond acceptors (Lipinski definition) is 7. The summed E-state index contributed by atoms with van der Waals surface area (Å²) in [4.78, 5) is 35.8. The molecule has 2 N–H and O–H groups in total. The summed E-state index contributed by atoms with van der Waals surface area (Å²) in [7, 11) is 0. The molecule has 3 rings (SSSR count). The normalized spacial score (nSPS) is 10.3. The molecule has 0 bridgehead atoms. The SMILES string of the molecule is O=C(COC(=O)c1ccc(NC(=O)c2ccco2)s1)NCc1ccco1. The van der Waals surface area contributed by atoms with Gasteiger partial charge in [-0.3, -0.25) is 9.59 Å². The molecule has 0 aliphatic carbocycles. The van der Waals surface area contributed by atoms with Crippen molar-refractivity contribution in [3.63, 3.8) is 0 Å². The van der Waals surface area contributed by atoms with Gasteiger partial charge in [-0.1, -0.05) is 0 Å². The summed E-state index contributed by atoms with van der Waals surface area (Å²) in [6.07, 6.45) is 2.89. The molecule has 3 aromatic heterocycles. The van der Waals surface area contributed by atoms with E-state index in [9.17, 15) is 14.4 Å². The zero-order chi connectivity index (χ0) is 18.4. The molecule has 0 unspecified atom stereocenters. The molecule has 0 saturated heterocycles. The minimum atomic E-state index is -0.651. The van der Waals surface area contributed by atoms with Crippen LogP contribution in [-0.2, 0) is 16.1 Å². The molecule has 26 heavy (non-hydrogen) atoms. The van der Waals surface area contributed by atoms with Gasteiger partial charge in [0, 0.05) is 0 Å². The number of esters is 1. The van der Waals surface area contributed by atoms with Gasteiger partial charge in [0.25, 0.3) is 11.8 Å². The highest BCUT2D eigenvalue weighted by Crippen LogP contribution is 2.23. The van der Waals surface area contributed by atoms with Crippen molar-refractivity contribution >= 4 is 34.1 Å². The average molecular weight is 374 g/mol. The van der Waals surface area contributed by atoms with Gasteiger partial charge >= 0.3 is 5.97 Å². The number of nitrogens with one attached hydrogen (secondary N) is 2. The van der Waals surface area contributed by atoms with Crippen LogP contribution >= 0.6 is 11.3 Å². The van der Waals surface area contributed by atoms with Crippen molar-refractivity contribution in [1.29, 1.82) is 0 Å². The van der Waals surface area contributed by atoms with Crippen molar-refractivity contribution in [2.24, 2.45) is 0 Å². The largest absolute Gasteiger partial charge is 0.467 e. The van der Waals surface area contributed by atoms with E-state index in [0.717, 1.165) is 11.3 Å². The zero-order valence-corrected chi connectivity index (χ0v) is 14.2. The highest BCUT2D eigenvalue weighted by molar-refractivity contribution is 7.18. The van der Waals surface area contributed by atoms with Crippen LogP contribution in [0.1, 0.15) is 26.0 Å². The van der Waals surface area contributed by atoms with E-state index >= 15 is 0 Å². The lowest BCUT2D eigenvalue weighted by Crippen LogP contribution is -2.28. The quantitative estimate of drug-likeness (QED) is 0.615. The first-order valence-electron chi connectivity index (χ1n) is 7.53. The summed E-state index contributed by atoms with van der Waals surface area (Å²) >= 11 is 1.03. The molecule has 9 heteroatoms. The Bertz CT molecular complexity index is 882. The molecule has 8 nitrogen and oxygen atoms in total. The van der Waals surface area contributed by atoms with Crippen LogP contribution in [0.5, 0.6) is 0 Å². The van der Waals surface area contributed by atoms with Gasteiger partial charge in [0.1, 0.15) is 10.6 Å². The second-order valence-electron chi connectivity index (χ2n) is 5.03. The molecule has 3 aromatic rings. The maximum atomic E-state index is 12.0. The number of thiophene rings is 1. The smallest absolute Gasteiger partial charge is 0.348 e. The van der Waals surface area contributed by atoms with E-state index in [0.29, 0.717) is 10.8 Å². The fourth-order valence-electron chi connectivity index (χ4n) is 1.95. The topological polar surface area (TPSA) is 111 Å². The lowest BCUT2D eigenvalue weighted by atomic mass is 10.4. The van der Waals surface area contributed by atoms with E-state index in [-0.39, 0.29) is 17.2 Å². The van der Waals surface area contributed by atoms with Gasteiger partial charge < -0.3 is 24.2 Å². The third-order valence-corrected chi connectivity index (χ3v) is 4.14. The van der Waals surface area contributed by atoms with Crippen molar-refractivity contribution in [2.75, 3.05) is 11.9 Å². The van der Waals surface area contributed by atoms with Gasteiger partial charge in [-0.2, -0.15) is 0 Å². The van der Waals surface area contributed by atoms with Crippen molar-refractivity contribution in [3.8, 4) is 0 Å². The third kappa shape index (κ3) is 4.61. The molecular formula is C17H14N2O6S. The molecule has 0 fully saturated rings. The predicted octanol–water partition coefficient (Wildman–Crippen LogP) is 2.66. The van der Waals surface area contributed by atoms with Crippen LogP contribution in [0.2, 0.25) is 0 Å². The third-order valence-electron chi connectivity index (χ3n) is 3.16. The summed E-state index contributed by atoms with van der Waals surface area (Å²) in [5.41, 5.74) is 0. The molecule has 0 atom stereocenters. The molecule has 2 amide bonds. The standard InChI is InChI=1S/C17H14N2O6S/c20-14(18-9-11-3-1-7-23-11)10-25-17(22)13-5-6-15(26-13)19-16(21)12-4-2-8-24-12/h1-8H,9-10H2,(H,18,20)(H,19,21). The van der Waals surface area contributed by atoms with Crippen molar-refractivity contribution < 1.29 is 28.0 Å². The summed E-state index contributed by atoms with van der Waals surface area (Å²) < 4.78 is 15.0. The van der Waals surface area contributed by atoms with E-state index in [2.05, 4.69) is 10.6 Å². The van der Waals surface area contributed by atoms with E-state index in [4.69, 9.17) is 13.6 Å². The second-order valence-corrected chi connectivity index (χ2v) is 6.11. The Hall–Kier alpha value is -3.33. The maximum Gasteiger partial charge on any atom is 0.348 e. The number of furan rings is 2. The highest BCUT2D eigenvalue weighted by Gasteiger charge is 2.15. The second kappa shape index (κ2) is 8.17. The Morgan fingerprint density at radius 1 is 1.04 bits per heavy atom. The minimum Gasteiger partial charge on any atom is -0.467 e. The van der Waals surface area contributed by atoms with E-state index in [1.54, 1.807) is 24.3 Å². The Labute approximate surface area is 151 Å². The van der Waals surface area contributed by atoms with E-state index in [1.807, 2.05) is 0 Å². The number of rotatable bonds is 7. The van der Waals surface area contributed by atoms with E-state index < -0.39 is 24.4 Å². The summed E-state index contributed by atoms with van der Waals surface area (Å²) in [6.45, 7) is -0.198. The van der Waals surface area contributed by atoms with Crippen LogP contribution in [-0.4, -0.2) is 24.4 Å². The van der Waals surface area contributed by atoms with Gasteiger partial charge in [-0.05, 0) is 36.4 Å². The van der Waals surface area contributed by atoms with Gasteiger partial charge in [-0.15, -0.1) is 11.3 Å². The van der Waals surface area contributed by atoms with Gasteiger partial charge in [0.15, 0.2) is 12.4 Å². The lowest BCUT2D eigenvalue weighted by molar-refractivity contribution is -0.124. The number of carbonyl (C=O) groups excluding carboxylic acids is 3. The fraction of sp³-hybridized carbons (Fsp3) is 0.118. The van der Waals surface area contributed by atoms with Gasteiger partial charge in [0.2, 0.25) is 0 Å². The van der Waals surface area contributed by atoms with Crippen LogP contribution in [0.15, 0.2) is 57.8 Å². The summed E-state index contributed by atoms with van der Waals surface area (Å²) in [6, 6.07) is 9.63. The van der Waals surface area contributed by atoms with Crippen LogP contribution in [0, 0.1) is 0 Å². The Kier molecular flexibility index (Phi) is 5.49. The number of anilines is 1. The predicted molar refractivity (Wildman–Crippen MR) is 91.8 cm³/mol. The first-order chi connectivity index (χ1) is 12.6. The highest BCUT2D eigenvalue weighted by atomic mass is 32.1. The number of hydrogen-bond donors (Lipinski definition) is 2. The Morgan fingerprint density at radius 2 is 1.85 bits per heavy atom. The van der Waals surface area contributed by atoms with Crippen molar-refractivity contribution in [1.82, 2.24) is 5.32 Å². The van der Waals surface area contributed by atoms with Crippen LogP contribution in [0.4, 0.5) is 5.00 Å². The monoisotopic (exact) mass is 374 g/mol. The minimum absolute atomic E-state index is 0.163. The molecule has 0 aromatic carbocycles. The maximum absolute atomic E-state index is 12.0. The van der Waals surface area contributed by atoms with Gasteiger partial charge in [0.05, 0.1) is 24.1 Å². The van der Waals surface area contributed by atoms with Crippen LogP contribution in [0.3, 0.4) is 0 Å². The number of carbonyl (C=O) groups is 3. The molecule has 134 valence electrons. The Morgan fingerprint density at radius 3 is 2.58 bits per heavy atom. The molecule has 0 spiro atoms. The molecule has 0 aliphatic rings. The summed E-state index contributed by atoms with van der Waals surface area (Å²) in [5, 5.41) is 5.63. The summed E-state index contributed by atoms with van der Waals surface area (Å²) in [5.74, 6) is -0.760. The van der Waals surface area contributed by atoms with Crippen LogP contribution in [0.25, 0.3) is 0 Å². The Balaban J connectivity index is 1.45. The first kappa shape index (κ1) is 17.5. The average Bonchev–Trinajstić information content (AvgIpc) is 3.40. The van der Waals surface area contributed by atoms with E-state index in [1.165, 1.54) is 24.7 Å². The van der Waals surface area contributed by atoms with Crippen LogP contribution < -0.4 is 10.6 Å². The molecule has 0 radical (unpaired) electrons. The van der Waals surface area contributed by atoms with Crippen molar-refractivity contribution in [3.05, 3.63) is 65.3 Å². The first-order valence-corrected chi connectivity index (χ1v) is 8.34. The number of amides is 2. The molecule has 0 aliphatic heterocycles. The van der Waals surface area contributed by atoms with Gasteiger partial charge in [-0.25, -0.2) is 4.79 Å². The molecule has 0 saturated carbocycles. The number of ether oxygens (including phenoxy) is 1. The fourth-order valence-corrected chi connectivity index (χ4v) is 2.74. The lowest BCUT2D eigenvalue weighted by Gasteiger charge is -2.04. The van der Waals surface area contributed by atoms with Crippen molar-refractivity contribution in [2.45, 2.75) is 6.54 Å². The zero-order valence-electron chi connectivity index (χ0n) is 13.4. The molecular weight excluding hydrogens is 360 g/mol. The molecule has 3 heterocycles.